The monoisotopic (exact) mass is 569 g/mol. The Bertz CT molecular complexity index is 1320. The quantitative estimate of drug-likeness (QED) is 0.281. The van der Waals surface area contributed by atoms with Crippen molar-refractivity contribution >= 4 is 33.8 Å². The van der Waals surface area contributed by atoms with E-state index in [2.05, 4.69) is 21.4 Å². The number of amides is 1. The molecule has 8 heteroatoms. The Morgan fingerprint density at radius 2 is 1.95 bits per heavy atom. The zero-order valence-electron chi connectivity index (χ0n) is 22.7. The number of ether oxygens (including phenoxy) is 1. The second-order valence-electron chi connectivity index (χ2n) is 11.3. The van der Waals surface area contributed by atoms with E-state index < -0.39 is 22.6 Å². The molecule has 0 aromatic heterocycles. The van der Waals surface area contributed by atoms with E-state index in [1.54, 1.807) is 6.07 Å². The zero-order valence-corrected chi connectivity index (χ0v) is 24.3. The molecule has 1 amide bonds. The van der Waals surface area contributed by atoms with Crippen LogP contribution in [-0.4, -0.2) is 35.5 Å². The minimum absolute atomic E-state index is 0.0563. The number of anilines is 1. The highest BCUT2D eigenvalue weighted by Crippen LogP contribution is 2.41. The number of halogens is 1. The van der Waals surface area contributed by atoms with Crippen molar-refractivity contribution in [1.29, 1.82) is 0 Å². The van der Waals surface area contributed by atoms with Crippen molar-refractivity contribution < 1.29 is 18.8 Å². The summed E-state index contributed by atoms with van der Waals surface area (Å²) in [5.74, 6) is 0.781. The van der Waals surface area contributed by atoms with Crippen LogP contribution in [0.3, 0.4) is 0 Å². The third-order valence-corrected chi connectivity index (χ3v) is 10.4. The van der Waals surface area contributed by atoms with Crippen molar-refractivity contribution in [3.8, 4) is 5.75 Å². The highest BCUT2D eigenvalue weighted by Gasteiger charge is 2.37. The number of aliphatic hydroxyl groups is 1. The van der Waals surface area contributed by atoms with Gasteiger partial charge >= 0.3 is 0 Å². The van der Waals surface area contributed by atoms with Gasteiger partial charge in [0, 0.05) is 23.7 Å². The highest BCUT2D eigenvalue weighted by atomic mass is 35.5. The van der Waals surface area contributed by atoms with Crippen LogP contribution >= 0.6 is 11.6 Å². The average molecular weight is 570 g/mol. The Balaban J connectivity index is 1.61. The summed E-state index contributed by atoms with van der Waals surface area (Å²) >= 11 is 6.38. The molecule has 2 aliphatic heterocycles. The summed E-state index contributed by atoms with van der Waals surface area (Å²) in [5.41, 5.74) is 3.66. The van der Waals surface area contributed by atoms with E-state index in [1.165, 1.54) is 11.1 Å². The average Bonchev–Trinajstić information content (AvgIpc) is 2.92. The van der Waals surface area contributed by atoms with Crippen LogP contribution in [0.25, 0.3) is 0 Å². The number of carbonyl (C=O) groups is 1. The van der Waals surface area contributed by atoms with Gasteiger partial charge in [-0.2, -0.15) is 10.6 Å². The maximum Gasteiger partial charge on any atom is 0.254 e. The van der Waals surface area contributed by atoms with Gasteiger partial charge in [-0.15, -0.1) is 0 Å². The van der Waals surface area contributed by atoms with E-state index in [1.807, 2.05) is 44.2 Å². The zero-order chi connectivity index (χ0) is 27.5. The molecular weight excluding hydrogens is 532 g/mol. The van der Waals surface area contributed by atoms with E-state index in [0.717, 1.165) is 55.1 Å². The fraction of sp³-hybridized carbons (Fsp3) is 0.516. The molecule has 1 N–H and O–H groups in total. The van der Waals surface area contributed by atoms with Crippen molar-refractivity contribution in [3.63, 3.8) is 0 Å². The summed E-state index contributed by atoms with van der Waals surface area (Å²) in [6, 6.07) is 11.5. The van der Waals surface area contributed by atoms with Crippen molar-refractivity contribution in [2.75, 3.05) is 18.1 Å². The Labute approximate surface area is 238 Å². The molecule has 6 nitrogen and oxygen atoms in total. The highest BCUT2D eigenvalue weighted by molar-refractivity contribution is 7.75. The topological polar surface area (TPSA) is 79.2 Å². The number of rotatable bonds is 0. The maximum atomic E-state index is 13.2. The van der Waals surface area contributed by atoms with Crippen LogP contribution in [0.2, 0.25) is 5.02 Å². The van der Waals surface area contributed by atoms with Gasteiger partial charge in [-0.1, -0.05) is 54.8 Å². The first-order valence-electron chi connectivity index (χ1n) is 14.1. The van der Waals surface area contributed by atoms with Crippen LogP contribution in [0.5, 0.6) is 5.75 Å². The molecule has 2 aromatic rings. The summed E-state index contributed by atoms with van der Waals surface area (Å²) in [6.45, 7) is 5.80. The maximum absolute atomic E-state index is 13.2. The van der Waals surface area contributed by atoms with Crippen LogP contribution in [-0.2, 0) is 27.8 Å². The third kappa shape index (κ3) is 6.53. The number of carbonyl (C=O) groups excluding carboxylic acids is 1. The van der Waals surface area contributed by atoms with Crippen molar-refractivity contribution in [3.05, 3.63) is 70.3 Å². The number of benzene rings is 2. The van der Waals surface area contributed by atoms with Gasteiger partial charge in [0.2, 0.25) is 0 Å². The molecule has 39 heavy (non-hydrogen) atoms. The van der Waals surface area contributed by atoms with Gasteiger partial charge in [0.05, 0.1) is 18.4 Å². The fourth-order valence-electron chi connectivity index (χ4n) is 5.79. The van der Waals surface area contributed by atoms with Crippen LogP contribution < -0.4 is 9.64 Å². The summed E-state index contributed by atoms with van der Waals surface area (Å²) in [6.07, 6.45) is 8.88. The number of hydrogen-bond donors (Lipinski definition) is 1. The van der Waals surface area contributed by atoms with Gasteiger partial charge in [0.15, 0.2) is 0 Å². The second kappa shape index (κ2) is 12.4. The van der Waals surface area contributed by atoms with E-state index in [9.17, 15) is 14.1 Å². The minimum Gasteiger partial charge on any atom is -0.491 e. The second-order valence-corrected chi connectivity index (χ2v) is 13.2. The molecule has 0 spiro atoms. The van der Waals surface area contributed by atoms with Crippen LogP contribution in [0, 0.1) is 17.8 Å². The summed E-state index contributed by atoms with van der Waals surface area (Å²) in [7, 11) is -1.66. The molecule has 2 bridgehead atoms. The van der Waals surface area contributed by atoms with Gasteiger partial charge in [-0.25, -0.2) is 0 Å². The minimum atomic E-state index is -1.66. The normalized spacial score (nSPS) is 29.5. The van der Waals surface area contributed by atoms with Gasteiger partial charge in [0.1, 0.15) is 5.75 Å². The number of allylic oxidation sites excluding steroid dienone is 1. The molecule has 5 atom stereocenters. The van der Waals surface area contributed by atoms with Gasteiger partial charge in [-0.3, -0.25) is 4.79 Å². The Morgan fingerprint density at radius 3 is 2.74 bits per heavy atom. The van der Waals surface area contributed by atoms with E-state index in [0.29, 0.717) is 31.1 Å². The van der Waals surface area contributed by atoms with Crippen LogP contribution in [0.4, 0.5) is 5.69 Å². The molecule has 1 aliphatic carbocycles. The number of fused-ring (bicyclic) bond motifs is 3. The van der Waals surface area contributed by atoms with Gasteiger partial charge in [-0.05, 0) is 91.8 Å². The van der Waals surface area contributed by atoms with Crippen molar-refractivity contribution in [2.24, 2.45) is 22.1 Å². The lowest BCUT2D eigenvalue weighted by atomic mass is 9.70. The van der Waals surface area contributed by atoms with E-state index in [-0.39, 0.29) is 17.1 Å². The Kier molecular flexibility index (Phi) is 8.99. The SMILES string of the molecule is C[C@@H]1[C@@H](C)C/C=C/[C@H](O)[C@@H]2CC[C@H]2CN2Cc3ccc(Cl)cc3CCCCOc3ccc(cc32)C(=O)N=[S-]1=O. The van der Waals surface area contributed by atoms with Crippen LogP contribution in [0.1, 0.15) is 67.4 Å². The molecule has 1 fully saturated rings. The molecule has 5 rings (SSSR count). The molecule has 3 aliphatic rings. The molecule has 1 saturated carbocycles. The first-order valence-corrected chi connectivity index (χ1v) is 15.7. The molecule has 0 saturated heterocycles. The molecule has 0 radical (unpaired) electrons. The smallest absolute Gasteiger partial charge is 0.254 e. The molecule has 2 aromatic carbocycles. The Morgan fingerprint density at radius 1 is 1.10 bits per heavy atom. The fourth-order valence-corrected chi connectivity index (χ4v) is 6.93. The van der Waals surface area contributed by atoms with E-state index in [4.69, 9.17) is 16.3 Å². The summed E-state index contributed by atoms with van der Waals surface area (Å²) in [4.78, 5) is 15.5. The molecule has 210 valence electrons. The third-order valence-electron chi connectivity index (χ3n) is 8.68. The van der Waals surface area contributed by atoms with Crippen molar-refractivity contribution in [1.82, 2.24) is 0 Å². The first-order chi connectivity index (χ1) is 18.8. The summed E-state index contributed by atoms with van der Waals surface area (Å²) < 4.78 is 23.3. The van der Waals surface area contributed by atoms with Crippen molar-refractivity contribution in [2.45, 2.75) is 70.3 Å². The molecule has 0 unspecified atom stereocenters. The largest absolute Gasteiger partial charge is 0.491 e. The van der Waals surface area contributed by atoms with E-state index >= 15 is 0 Å². The summed E-state index contributed by atoms with van der Waals surface area (Å²) in [5, 5.41) is 11.5. The van der Waals surface area contributed by atoms with Crippen LogP contribution in [0.15, 0.2) is 52.9 Å². The number of nitrogens with zero attached hydrogens (tertiary/aromatic N) is 2. The number of hydrogen-bond acceptors (Lipinski definition) is 6. The number of aryl methyl sites for hydroxylation is 1. The predicted octanol–water partition coefficient (Wildman–Crippen LogP) is 6.72. The first kappa shape index (κ1) is 28.2. The lowest BCUT2D eigenvalue weighted by molar-refractivity contribution is 0.0459. The Hall–Kier alpha value is -2.35. The molecular formula is C31H38ClN2O4S-. The molecule has 2 heterocycles. The number of aliphatic hydroxyl groups excluding tert-OH is 1. The van der Waals surface area contributed by atoms with Gasteiger partial charge < -0.3 is 23.3 Å². The lowest BCUT2D eigenvalue weighted by Gasteiger charge is -2.42. The van der Waals surface area contributed by atoms with Gasteiger partial charge in [0.25, 0.3) is 5.91 Å². The standard InChI is InChI=1S/C31H38ClN2O4S/c1-20-6-5-8-29(35)27-13-10-25(27)19-34-18-24-9-12-26(32)16-22(24)7-3-4-15-38-30-14-11-23(17-28(30)34)31(36)33-39(37)21(20)2/h5,8-9,11-12,14,16-17,20-21,25,27,29,35H,3-4,6-7,10,13,15,18-19H2,1-2H3/q-1/b8-5+/t20-,21+,25-,27+,29-/m0/s1. The predicted molar refractivity (Wildman–Crippen MR) is 157 cm³/mol. The lowest BCUT2D eigenvalue weighted by Crippen LogP contribution is -2.43.